The number of hydrogen-bond donors (Lipinski definition) is 1. The lowest BCUT2D eigenvalue weighted by molar-refractivity contribution is 0.179. The molecule has 0 spiro atoms. The maximum Gasteiger partial charge on any atom is 0.0954 e. The van der Waals surface area contributed by atoms with E-state index in [4.69, 9.17) is 10.7 Å². The summed E-state index contributed by atoms with van der Waals surface area (Å²) in [6.07, 6.45) is 2.50. The van der Waals surface area contributed by atoms with Crippen molar-refractivity contribution in [3.05, 3.63) is 16.1 Å². The molecule has 3 nitrogen and oxygen atoms in total. The SMILES string of the molecule is CC(C)c1nc(CN2CCC(CN)CC2)cs1.Cl.Cl. The molecule has 19 heavy (non-hydrogen) atoms. The van der Waals surface area contributed by atoms with E-state index in [1.54, 1.807) is 11.3 Å². The van der Waals surface area contributed by atoms with Gasteiger partial charge in [-0.15, -0.1) is 36.2 Å². The Kier molecular flexibility index (Phi) is 9.20. The highest BCUT2D eigenvalue weighted by Crippen LogP contribution is 2.22. The first-order chi connectivity index (χ1) is 8.19. The van der Waals surface area contributed by atoms with Crippen LogP contribution in [-0.4, -0.2) is 29.5 Å². The molecule has 0 saturated carbocycles. The molecule has 0 amide bonds. The molecule has 0 radical (unpaired) electrons. The standard InChI is InChI=1S/C13H23N3S.2ClH/c1-10(2)13-15-12(9-17-13)8-16-5-3-11(7-14)4-6-16;;/h9-11H,3-8,14H2,1-2H3;2*1H. The van der Waals surface area contributed by atoms with Gasteiger partial charge in [-0.05, 0) is 38.4 Å². The minimum Gasteiger partial charge on any atom is -0.330 e. The van der Waals surface area contributed by atoms with Crippen LogP contribution in [0.3, 0.4) is 0 Å². The summed E-state index contributed by atoms with van der Waals surface area (Å²) in [7, 11) is 0. The van der Waals surface area contributed by atoms with Gasteiger partial charge in [-0.2, -0.15) is 0 Å². The molecule has 0 atom stereocenters. The average molecular weight is 326 g/mol. The van der Waals surface area contributed by atoms with Gasteiger partial charge < -0.3 is 5.73 Å². The Balaban J connectivity index is 0.00000162. The van der Waals surface area contributed by atoms with E-state index in [1.165, 1.54) is 36.6 Å². The number of halogens is 2. The zero-order valence-corrected chi connectivity index (χ0v) is 14.1. The smallest absolute Gasteiger partial charge is 0.0954 e. The van der Waals surface area contributed by atoms with Gasteiger partial charge in [-0.25, -0.2) is 4.98 Å². The quantitative estimate of drug-likeness (QED) is 0.923. The van der Waals surface area contributed by atoms with Crippen molar-refractivity contribution in [1.29, 1.82) is 0 Å². The molecule has 2 heterocycles. The predicted molar refractivity (Wildman–Crippen MR) is 87.8 cm³/mol. The molecule has 0 unspecified atom stereocenters. The molecular weight excluding hydrogens is 301 g/mol. The molecule has 2 rings (SSSR count). The topological polar surface area (TPSA) is 42.2 Å². The summed E-state index contributed by atoms with van der Waals surface area (Å²) >= 11 is 1.79. The molecule has 0 bridgehead atoms. The largest absolute Gasteiger partial charge is 0.330 e. The summed E-state index contributed by atoms with van der Waals surface area (Å²) in [6.45, 7) is 8.63. The fraction of sp³-hybridized carbons (Fsp3) is 0.769. The Morgan fingerprint density at radius 1 is 1.37 bits per heavy atom. The molecule has 1 aliphatic rings. The third-order valence-corrected chi connectivity index (χ3v) is 4.68. The van der Waals surface area contributed by atoms with Crippen molar-refractivity contribution in [3.63, 3.8) is 0 Å². The van der Waals surface area contributed by atoms with E-state index in [0.717, 1.165) is 19.0 Å². The van der Waals surface area contributed by atoms with Crippen molar-refractivity contribution >= 4 is 36.2 Å². The lowest BCUT2D eigenvalue weighted by atomic mass is 9.97. The number of likely N-dealkylation sites (tertiary alicyclic amines) is 1. The molecule has 1 aliphatic heterocycles. The maximum absolute atomic E-state index is 5.71. The van der Waals surface area contributed by atoms with Crippen LogP contribution in [0.1, 0.15) is 43.3 Å². The first-order valence-corrected chi connectivity index (χ1v) is 7.43. The van der Waals surface area contributed by atoms with E-state index < -0.39 is 0 Å². The van der Waals surface area contributed by atoms with E-state index in [9.17, 15) is 0 Å². The van der Waals surface area contributed by atoms with Gasteiger partial charge in [0.05, 0.1) is 10.7 Å². The summed E-state index contributed by atoms with van der Waals surface area (Å²) in [5.41, 5.74) is 6.95. The molecule has 2 N–H and O–H groups in total. The van der Waals surface area contributed by atoms with Crippen LogP contribution in [0.15, 0.2) is 5.38 Å². The first-order valence-electron chi connectivity index (χ1n) is 6.55. The van der Waals surface area contributed by atoms with E-state index in [2.05, 4.69) is 24.1 Å². The number of nitrogens with two attached hydrogens (primary N) is 1. The Morgan fingerprint density at radius 3 is 2.47 bits per heavy atom. The van der Waals surface area contributed by atoms with E-state index in [0.29, 0.717) is 5.92 Å². The first kappa shape index (κ1) is 19.1. The molecule has 6 heteroatoms. The van der Waals surface area contributed by atoms with Crippen molar-refractivity contribution in [2.75, 3.05) is 19.6 Å². The number of thiazole rings is 1. The molecule has 1 saturated heterocycles. The monoisotopic (exact) mass is 325 g/mol. The van der Waals surface area contributed by atoms with Crippen molar-refractivity contribution in [1.82, 2.24) is 9.88 Å². The zero-order chi connectivity index (χ0) is 12.3. The van der Waals surface area contributed by atoms with Gasteiger partial charge in [0.15, 0.2) is 0 Å². The van der Waals surface area contributed by atoms with Crippen LogP contribution in [0.5, 0.6) is 0 Å². The summed E-state index contributed by atoms with van der Waals surface area (Å²) in [4.78, 5) is 7.20. The Labute approximate surface area is 132 Å². The van der Waals surface area contributed by atoms with E-state index in [1.807, 2.05) is 0 Å². The van der Waals surface area contributed by atoms with Gasteiger partial charge in [-0.1, -0.05) is 13.8 Å². The van der Waals surface area contributed by atoms with E-state index in [-0.39, 0.29) is 24.8 Å². The molecule has 0 aliphatic carbocycles. The number of hydrogen-bond acceptors (Lipinski definition) is 4. The van der Waals surface area contributed by atoms with Gasteiger partial charge in [0.1, 0.15) is 0 Å². The molecular formula is C13H25Cl2N3S. The lowest BCUT2D eigenvalue weighted by Gasteiger charge is -2.30. The van der Waals surface area contributed by atoms with Crippen LogP contribution >= 0.6 is 36.2 Å². The van der Waals surface area contributed by atoms with Crippen molar-refractivity contribution in [2.24, 2.45) is 11.7 Å². The molecule has 1 fully saturated rings. The Bertz CT molecular complexity index is 349. The summed E-state index contributed by atoms with van der Waals surface area (Å²) < 4.78 is 0. The summed E-state index contributed by atoms with van der Waals surface area (Å²) in [5, 5.41) is 3.47. The second-order valence-electron chi connectivity index (χ2n) is 5.29. The second kappa shape index (κ2) is 9.14. The number of nitrogens with zero attached hydrogens (tertiary/aromatic N) is 2. The van der Waals surface area contributed by atoms with Gasteiger partial charge in [0, 0.05) is 17.8 Å². The highest BCUT2D eigenvalue weighted by atomic mass is 35.5. The van der Waals surface area contributed by atoms with Gasteiger partial charge >= 0.3 is 0 Å². The van der Waals surface area contributed by atoms with E-state index >= 15 is 0 Å². The Hall–Kier alpha value is 0.130. The van der Waals surface area contributed by atoms with Crippen LogP contribution < -0.4 is 5.73 Å². The average Bonchev–Trinajstić information content (AvgIpc) is 2.79. The van der Waals surface area contributed by atoms with Crippen LogP contribution in [0.25, 0.3) is 0 Å². The zero-order valence-electron chi connectivity index (χ0n) is 11.7. The number of piperidine rings is 1. The van der Waals surface area contributed by atoms with Crippen molar-refractivity contribution in [2.45, 2.75) is 39.2 Å². The van der Waals surface area contributed by atoms with Crippen molar-refractivity contribution < 1.29 is 0 Å². The minimum atomic E-state index is 0. The van der Waals surface area contributed by atoms with Crippen LogP contribution in [0.4, 0.5) is 0 Å². The van der Waals surface area contributed by atoms with Crippen molar-refractivity contribution in [3.8, 4) is 0 Å². The van der Waals surface area contributed by atoms with Crippen LogP contribution in [0, 0.1) is 5.92 Å². The van der Waals surface area contributed by atoms with Gasteiger partial charge in [-0.3, -0.25) is 4.90 Å². The van der Waals surface area contributed by atoms with Gasteiger partial charge in [0.2, 0.25) is 0 Å². The molecule has 0 aromatic carbocycles. The second-order valence-corrected chi connectivity index (χ2v) is 6.18. The number of rotatable bonds is 4. The third-order valence-electron chi connectivity index (χ3n) is 3.49. The Morgan fingerprint density at radius 2 is 2.00 bits per heavy atom. The third kappa shape index (κ3) is 5.56. The normalized spacial score (nSPS) is 17.1. The summed E-state index contributed by atoms with van der Waals surface area (Å²) in [6, 6.07) is 0. The van der Waals surface area contributed by atoms with Crippen LogP contribution in [0.2, 0.25) is 0 Å². The minimum absolute atomic E-state index is 0. The van der Waals surface area contributed by atoms with Crippen LogP contribution in [-0.2, 0) is 6.54 Å². The lowest BCUT2D eigenvalue weighted by Crippen LogP contribution is -2.35. The molecule has 1 aromatic rings. The molecule has 112 valence electrons. The highest BCUT2D eigenvalue weighted by molar-refractivity contribution is 7.09. The number of aromatic nitrogens is 1. The van der Waals surface area contributed by atoms with Gasteiger partial charge in [0.25, 0.3) is 0 Å². The fourth-order valence-electron chi connectivity index (χ4n) is 2.27. The fourth-order valence-corrected chi connectivity index (χ4v) is 3.10. The molecule has 1 aromatic heterocycles. The summed E-state index contributed by atoms with van der Waals surface area (Å²) in [5.74, 6) is 1.30. The predicted octanol–water partition coefficient (Wildman–Crippen LogP) is 3.28. The highest BCUT2D eigenvalue weighted by Gasteiger charge is 2.18. The maximum atomic E-state index is 5.71.